The molecule has 41 heteroatoms. The maximum atomic E-state index is 15.5. The summed E-state index contributed by atoms with van der Waals surface area (Å²) in [6, 6.07) is 0.724. The van der Waals surface area contributed by atoms with Crippen LogP contribution in [0.5, 0.6) is 5.75 Å². The van der Waals surface area contributed by atoms with Gasteiger partial charge in [0.15, 0.2) is 0 Å². The number of primary amides is 2. The van der Waals surface area contributed by atoms with Crippen molar-refractivity contribution in [3.05, 3.63) is 102 Å². The van der Waals surface area contributed by atoms with Gasteiger partial charge in [-0.25, -0.2) is 0 Å². The highest BCUT2D eigenvalue weighted by Crippen LogP contribution is 2.25. The van der Waals surface area contributed by atoms with Gasteiger partial charge in [0.1, 0.15) is 71.2 Å². The molecule has 0 radical (unpaired) electrons. The molecule has 1 aromatic heterocycles. The SMILES string of the molecule is CC(=O)N[C@@H](CC(C)C)C(=O)N[C@H](C(=O)N[C@@H](Cc1ccccc1)C(=O)N[C@]1(C)CCCCC#CC#CCCC[C@@](C)(C(=O)NC(C)C(=O)N[C@@H](C)C(=O)NC(C)C(=O)N[C@@H](C)C(=O)C(=O)[C@H](C)NC[C@H](C)C(N)=O)NC(=O)[C@H](CC(C)C)CN[C@@H](CCC(N)=O)C(=O)C(=O)[C@H](C)NC(=O)[C@H](Cc2c[nH]c3ccccc23)NC(=O)C(Cc2ccc(O)cc2)NC(=O)[C@H](CCC(=O)O)NC1=O)[C@@H](C)O. The van der Waals surface area contributed by atoms with Crippen LogP contribution in [0.25, 0.3) is 10.9 Å². The summed E-state index contributed by atoms with van der Waals surface area (Å²) in [5.41, 5.74) is 8.64. The number of carbonyl (C=O) groups is 20. The van der Waals surface area contributed by atoms with Crippen LogP contribution in [-0.4, -0.2) is 247 Å². The molecule has 1 aliphatic rings. The second kappa shape index (κ2) is 55.4. The molecule has 1 aliphatic heterocycles. The number of hydrogen-bond acceptors (Lipinski definition) is 24. The molecule has 0 spiro atoms. The summed E-state index contributed by atoms with van der Waals surface area (Å²) in [6.45, 7) is 21.0. The molecule has 0 bridgehead atoms. The number of Topliss-reactive ketones (excluding diaryl/α,β-unsaturated/α-hetero) is 4. The number of rotatable bonds is 39. The van der Waals surface area contributed by atoms with Gasteiger partial charge in [-0.05, 0) is 179 Å². The van der Waals surface area contributed by atoms with Crippen molar-refractivity contribution in [2.75, 3.05) is 13.1 Å². The fourth-order valence-corrected chi connectivity index (χ4v) is 14.9. The quantitative estimate of drug-likeness (QED) is 0.0196. The maximum absolute atomic E-state index is 15.5. The smallest absolute Gasteiger partial charge is 0.303 e. The van der Waals surface area contributed by atoms with E-state index in [-0.39, 0.29) is 94.8 Å². The molecule has 23 N–H and O–H groups in total. The number of aromatic nitrogens is 1. The average molecular weight is 1920 g/mol. The Hall–Kier alpha value is -13.8. The summed E-state index contributed by atoms with van der Waals surface area (Å²) in [5, 5.41) is 71.5. The van der Waals surface area contributed by atoms with Crippen molar-refractivity contribution in [3.8, 4) is 29.4 Å². The first-order valence-corrected chi connectivity index (χ1v) is 46.2. The Morgan fingerprint density at radius 1 is 0.536 bits per heavy atom. The minimum Gasteiger partial charge on any atom is -0.508 e. The van der Waals surface area contributed by atoms with Crippen LogP contribution in [0.4, 0.5) is 0 Å². The summed E-state index contributed by atoms with van der Waals surface area (Å²) in [6.07, 6.45) is -3.41. The number of nitrogens with two attached hydrogens (primary N) is 2. The van der Waals surface area contributed by atoms with Crippen LogP contribution in [0.3, 0.4) is 0 Å². The van der Waals surface area contributed by atoms with Crippen molar-refractivity contribution in [2.45, 2.75) is 302 Å². The predicted octanol–water partition coefficient (Wildman–Crippen LogP) is -0.592. The Morgan fingerprint density at radius 2 is 1.09 bits per heavy atom. The summed E-state index contributed by atoms with van der Waals surface area (Å²) >= 11 is 0. The van der Waals surface area contributed by atoms with Crippen molar-refractivity contribution in [1.82, 2.24) is 84.7 Å². The zero-order valence-corrected chi connectivity index (χ0v) is 80.9. The lowest BCUT2D eigenvalue weighted by Gasteiger charge is -2.34. The predicted molar refractivity (Wildman–Crippen MR) is 507 cm³/mol. The number of aliphatic carboxylic acids is 1. The molecule has 5 rings (SSSR count). The Labute approximate surface area is 802 Å². The zero-order chi connectivity index (χ0) is 103. The number of aliphatic hydroxyl groups is 1. The van der Waals surface area contributed by atoms with Crippen LogP contribution in [-0.2, 0) is 115 Å². The third-order valence-corrected chi connectivity index (χ3v) is 23.2. The molecule has 0 saturated carbocycles. The molecule has 752 valence electrons. The maximum Gasteiger partial charge on any atom is 0.303 e. The number of amides is 15. The molecule has 2 heterocycles. The van der Waals surface area contributed by atoms with Gasteiger partial charge >= 0.3 is 5.97 Å². The van der Waals surface area contributed by atoms with Crippen molar-refractivity contribution < 1.29 is 111 Å². The molecule has 18 atom stereocenters. The Balaban J connectivity index is 1.61. The number of benzene rings is 3. The summed E-state index contributed by atoms with van der Waals surface area (Å²) in [7, 11) is 0. The van der Waals surface area contributed by atoms with Crippen molar-refractivity contribution in [1.29, 1.82) is 0 Å². The number of hydrogen-bond donors (Lipinski definition) is 21. The van der Waals surface area contributed by atoms with Crippen LogP contribution < -0.4 is 91.2 Å². The topological polar surface area (TPSA) is 650 Å². The molecule has 0 saturated heterocycles. The van der Waals surface area contributed by atoms with E-state index in [1.165, 1.54) is 100 Å². The number of nitrogens with one attached hydrogen (secondary N) is 16. The van der Waals surface area contributed by atoms with Crippen LogP contribution >= 0.6 is 0 Å². The number of phenols is 1. The molecule has 41 nitrogen and oxygen atoms in total. The van der Waals surface area contributed by atoms with Gasteiger partial charge in [-0.1, -0.05) is 107 Å². The number of carbonyl (C=O) groups excluding carboxylic acids is 19. The lowest BCUT2D eigenvalue weighted by atomic mass is 9.89. The Bertz CT molecular complexity index is 5150. The number of ketones is 4. The van der Waals surface area contributed by atoms with Crippen LogP contribution in [0, 0.1) is 47.4 Å². The normalized spacial score (nSPS) is 21.4. The van der Waals surface area contributed by atoms with Gasteiger partial charge < -0.3 is 112 Å². The molecular formula is C97H136N18O23. The van der Waals surface area contributed by atoms with E-state index in [4.69, 9.17) is 11.5 Å². The molecule has 3 aromatic carbocycles. The van der Waals surface area contributed by atoms with Crippen molar-refractivity contribution in [2.24, 2.45) is 35.1 Å². The average Bonchev–Trinajstić information content (AvgIpc) is 1.72. The highest BCUT2D eigenvalue weighted by Gasteiger charge is 2.44. The second-order valence-corrected chi connectivity index (χ2v) is 36.5. The fourth-order valence-electron chi connectivity index (χ4n) is 14.9. The van der Waals surface area contributed by atoms with Crippen molar-refractivity contribution >= 4 is 129 Å². The van der Waals surface area contributed by atoms with E-state index in [0.29, 0.717) is 27.6 Å². The van der Waals surface area contributed by atoms with E-state index in [1.54, 1.807) is 88.5 Å². The molecule has 15 amide bonds. The number of aromatic amines is 1. The van der Waals surface area contributed by atoms with Gasteiger partial charge in [0.25, 0.3) is 0 Å². The Morgan fingerprint density at radius 3 is 1.67 bits per heavy atom. The highest BCUT2D eigenvalue weighted by molar-refractivity contribution is 6.41. The fraction of sp³-hybridized carbons (Fsp3) is 0.546. The molecule has 4 aromatic rings. The molecule has 138 heavy (non-hydrogen) atoms. The summed E-state index contributed by atoms with van der Waals surface area (Å²) in [4.78, 5) is 283. The number of aliphatic hydroxyl groups excluding tert-OH is 1. The van der Waals surface area contributed by atoms with E-state index in [2.05, 4.69) is 108 Å². The van der Waals surface area contributed by atoms with E-state index in [1.807, 2.05) is 0 Å². The third kappa shape index (κ3) is 37.7. The number of fused-ring (bicyclic) bond motifs is 1. The van der Waals surface area contributed by atoms with Gasteiger partial charge in [-0.2, -0.15) is 0 Å². The molecule has 0 fully saturated rings. The Kier molecular flexibility index (Phi) is 46.1. The minimum absolute atomic E-state index is 0.00959. The number of H-pyrrole nitrogens is 1. The number of para-hydroxylation sites is 1. The first-order chi connectivity index (χ1) is 64.8. The van der Waals surface area contributed by atoms with E-state index >= 15 is 28.8 Å². The first kappa shape index (κ1) is 115. The van der Waals surface area contributed by atoms with Crippen LogP contribution in [0.2, 0.25) is 0 Å². The van der Waals surface area contributed by atoms with E-state index in [9.17, 15) is 82.4 Å². The van der Waals surface area contributed by atoms with Crippen LogP contribution in [0.1, 0.15) is 204 Å². The summed E-state index contributed by atoms with van der Waals surface area (Å²) < 4.78 is 0. The van der Waals surface area contributed by atoms with Gasteiger partial charge in [0.2, 0.25) is 112 Å². The van der Waals surface area contributed by atoms with Gasteiger partial charge in [0.05, 0.1) is 36.2 Å². The largest absolute Gasteiger partial charge is 0.508 e. The highest BCUT2D eigenvalue weighted by atomic mass is 16.4. The lowest BCUT2D eigenvalue weighted by Crippen LogP contribution is -2.65. The standard InChI is InChI=1S/C97H136N18O23/c1-52(2)44-66-51-102-70(38-40-76(98)119)82(125)81(124)57(8)104-89(132)75(48-65-50-101-69-33-27-26-32-68(65)69)110-90(133)73(47-64-34-36-67(118)37-35-64)109-88(131)71(39-41-77(120)121)112-95(138)97(15,115-92(135)74(46-63-30-24-23-25-31-63)111-93(136)78(61(12)116)113-91(134)72(45-53(3)4)108-62(13)117)43-29-22-20-18-16-17-19-21-28-42-96(14,114-87(66)130)94(137)107-60(11)86(129)106-59(10)85(128)105-58(9)84(127)103-56(7)80(123)79(122)55(6)100-49-54(5)83(99)126/h23-27,30-37,50,52-61,66,70-75,78,100-102,116,118H,20-22,28-29,38-49,51H2,1-15H3,(H2,98,119)(H2,99,126)(H,103,127)(H,104,132)(H,105,128)(H,106,129)(H,107,137)(H,108,117)(H,109,131)(H,110,133)(H,111,136)(H,112,138)(H,113,134)(H,114,130)(H,115,135)(H,120,121)/t54-,55-,56-,57-,58?,59-,60?,61+,66+,70-,71-,72-,73?,74-,75-,78-,96-,97+/m0/s1. The number of phenolic OH excluding ortho intramolecular Hbond substituents is 1. The van der Waals surface area contributed by atoms with Crippen molar-refractivity contribution in [3.63, 3.8) is 0 Å². The number of carboxylic acid groups (broad SMARTS) is 1. The van der Waals surface area contributed by atoms with E-state index < -0.39 is 264 Å². The summed E-state index contributed by atoms with van der Waals surface area (Å²) in [5.74, 6) is -10.7. The second-order valence-electron chi connectivity index (χ2n) is 36.5. The molecule has 3 unspecified atom stereocenters. The van der Waals surface area contributed by atoms with Gasteiger partial charge in [0, 0.05) is 88.0 Å². The minimum atomic E-state index is -2.14. The molecular weight excluding hydrogens is 1790 g/mol. The number of aromatic hydroxyl groups is 1. The van der Waals surface area contributed by atoms with Gasteiger partial charge in [-0.15, -0.1) is 0 Å². The third-order valence-electron chi connectivity index (χ3n) is 23.2. The van der Waals surface area contributed by atoms with E-state index in [0.717, 1.165) is 0 Å². The lowest BCUT2D eigenvalue weighted by molar-refractivity contribution is -0.140. The number of carboxylic acids is 1. The zero-order valence-electron chi connectivity index (χ0n) is 80.9. The first-order valence-electron chi connectivity index (χ1n) is 46.2. The van der Waals surface area contributed by atoms with Gasteiger partial charge in [-0.3, -0.25) is 95.9 Å². The van der Waals surface area contributed by atoms with Crippen LogP contribution in [0.15, 0.2) is 85.1 Å². The monoisotopic (exact) mass is 1920 g/mol. The molecule has 0 aliphatic carbocycles.